The average Bonchev–Trinajstić information content (AvgIpc) is 2.92. The quantitative estimate of drug-likeness (QED) is 0.287. The van der Waals surface area contributed by atoms with Gasteiger partial charge in [-0.25, -0.2) is 4.98 Å². The van der Waals surface area contributed by atoms with E-state index in [4.69, 9.17) is 19.2 Å². The van der Waals surface area contributed by atoms with Gasteiger partial charge in [-0.3, -0.25) is 14.3 Å². The van der Waals surface area contributed by atoms with Crippen LogP contribution in [0.4, 0.5) is 0 Å². The Morgan fingerprint density at radius 2 is 1.57 bits per heavy atom. The Morgan fingerprint density at radius 3 is 2.30 bits per heavy atom. The largest absolute Gasteiger partial charge is 0.496 e. The van der Waals surface area contributed by atoms with Crippen LogP contribution < -0.4 is 19.8 Å². The summed E-state index contributed by atoms with van der Waals surface area (Å²) >= 11 is 0. The Hall–Kier alpha value is -3.55. The molecule has 4 rings (SSSR count). The van der Waals surface area contributed by atoms with Gasteiger partial charge in [-0.2, -0.15) is 0 Å². The second-order valence-electron chi connectivity index (χ2n) is 8.76. The van der Waals surface area contributed by atoms with Crippen molar-refractivity contribution >= 4 is 23.3 Å². The van der Waals surface area contributed by atoms with Gasteiger partial charge in [0.05, 0.1) is 32.2 Å². The average molecular weight is 524 g/mol. The number of likely N-dealkylation sites (N-methyl/N-ethyl adjacent to an activating group) is 1. The molecule has 0 fully saturated rings. The summed E-state index contributed by atoms with van der Waals surface area (Å²) < 4.78 is 18.2. The van der Waals surface area contributed by atoms with Crippen molar-refractivity contribution in [1.82, 2.24) is 14.5 Å². The number of aromatic nitrogens is 2. The summed E-state index contributed by atoms with van der Waals surface area (Å²) in [5, 5.41) is 0.622. The minimum atomic E-state index is -0.0299. The van der Waals surface area contributed by atoms with Gasteiger partial charge in [-0.1, -0.05) is 36.4 Å². The number of methoxy groups -OCH3 is 3. The van der Waals surface area contributed by atoms with E-state index in [0.29, 0.717) is 41.9 Å². The van der Waals surface area contributed by atoms with Crippen LogP contribution in [-0.2, 0) is 13.0 Å². The topological polar surface area (TPSA) is 65.8 Å². The lowest BCUT2D eigenvalue weighted by Gasteiger charge is -2.26. The summed E-state index contributed by atoms with van der Waals surface area (Å²) in [4.78, 5) is 20.6. The summed E-state index contributed by atoms with van der Waals surface area (Å²) in [5.41, 5.74) is 2.77. The zero-order chi connectivity index (χ0) is 25.7. The zero-order valence-electron chi connectivity index (χ0n) is 21.9. The van der Waals surface area contributed by atoms with Crippen LogP contribution in [0.25, 0.3) is 10.9 Å². The molecule has 0 spiro atoms. The summed E-state index contributed by atoms with van der Waals surface area (Å²) in [6.45, 7) is 3.31. The molecule has 0 N–H and O–H groups in total. The molecular formula is C29H34ClN3O4. The van der Waals surface area contributed by atoms with E-state index in [0.717, 1.165) is 22.7 Å². The number of hydrogen-bond donors (Lipinski definition) is 0. The van der Waals surface area contributed by atoms with Crippen LogP contribution >= 0.6 is 12.4 Å². The molecule has 1 heterocycles. The fourth-order valence-electron chi connectivity index (χ4n) is 4.42. The predicted molar refractivity (Wildman–Crippen MR) is 150 cm³/mol. The fraction of sp³-hybridized carbons (Fsp3) is 0.310. The SMILES string of the molecule is COc1ccccc1Cc1nc2ccccc2c(=O)n1CCN(C)C(C)c1ccc(OC)c(OC)c1.Cl. The van der Waals surface area contributed by atoms with Gasteiger partial charge in [0, 0.05) is 31.1 Å². The molecule has 0 radical (unpaired) electrons. The van der Waals surface area contributed by atoms with Crippen molar-refractivity contribution in [1.29, 1.82) is 0 Å². The Kier molecular flexibility index (Phi) is 9.55. The van der Waals surface area contributed by atoms with Crippen LogP contribution in [-0.4, -0.2) is 49.4 Å². The highest BCUT2D eigenvalue weighted by Gasteiger charge is 2.17. The first-order chi connectivity index (χ1) is 17.5. The van der Waals surface area contributed by atoms with E-state index in [1.54, 1.807) is 25.9 Å². The maximum absolute atomic E-state index is 13.5. The third kappa shape index (κ3) is 6.06. The molecule has 0 amide bonds. The van der Waals surface area contributed by atoms with Crippen LogP contribution in [0.1, 0.15) is 29.9 Å². The first-order valence-corrected chi connectivity index (χ1v) is 12.0. The lowest BCUT2D eigenvalue weighted by Crippen LogP contribution is -2.32. The number of halogens is 1. The minimum Gasteiger partial charge on any atom is -0.496 e. The number of nitrogens with zero attached hydrogens (tertiary/aromatic N) is 3. The van der Waals surface area contributed by atoms with E-state index in [-0.39, 0.29) is 24.0 Å². The second-order valence-corrected chi connectivity index (χ2v) is 8.76. The number of benzene rings is 3. The maximum atomic E-state index is 13.5. The maximum Gasteiger partial charge on any atom is 0.261 e. The molecule has 0 saturated heterocycles. The molecule has 1 unspecified atom stereocenters. The Balaban J connectivity index is 0.00000380. The van der Waals surface area contributed by atoms with E-state index in [1.807, 2.05) is 66.7 Å². The Labute approximate surface area is 224 Å². The van der Waals surface area contributed by atoms with Crippen LogP contribution in [0.5, 0.6) is 17.2 Å². The van der Waals surface area contributed by atoms with Crippen LogP contribution in [0.15, 0.2) is 71.5 Å². The third-order valence-corrected chi connectivity index (χ3v) is 6.71. The Morgan fingerprint density at radius 1 is 0.892 bits per heavy atom. The molecule has 1 aromatic heterocycles. The molecule has 196 valence electrons. The Bertz CT molecular complexity index is 1410. The van der Waals surface area contributed by atoms with Gasteiger partial charge >= 0.3 is 0 Å². The smallest absolute Gasteiger partial charge is 0.261 e. The normalized spacial score (nSPS) is 11.7. The fourth-order valence-corrected chi connectivity index (χ4v) is 4.42. The van der Waals surface area contributed by atoms with Gasteiger partial charge in [0.15, 0.2) is 11.5 Å². The second kappa shape index (κ2) is 12.6. The minimum absolute atomic E-state index is 0. The van der Waals surface area contributed by atoms with E-state index in [2.05, 4.69) is 18.9 Å². The molecule has 37 heavy (non-hydrogen) atoms. The standard InChI is InChI=1S/C29H33N3O4.ClH/c1-20(21-14-15-26(35-4)27(18-21)36-5)31(2)16-17-32-28(19-22-10-6-9-13-25(22)34-3)30-24-12-8-7-11-23(24)29(32)33;/h6-15,18,20H,16-17,19H2,1-5H3;1H. The number of hydrogen-bond acceptors (Lipinski definition) is 6. The van der Waals surface area contributed by atoms with Crippen molar-refractivity contribution in [2.45, 2.75) is 25.9 Å². The van der Waals surface area contributed by atoms with Gasteiger partial charge in [0.1, 0.15) is 11.6 Å². The summed E-state index contributed by atoms with van der Waals surface area (Å²) in [6.07, 6.45) is 0.499. The van der Waals surface area contributed by atoms with E-state index in [9.17, 15) is 4.79 Å². The molecule has 0 aliphatic rings. The van der Waals surface area contributed by atoms with Crippen molar-refractivity contribution in [2.24, 2.45) is 0 Å². The zero-order valence-corrected chi connectivity index (χ0v) is 22.7. The van der Waals surface area contributed by atoms with Crippen molar-refractivity contribution in [3.05, 3.63) is 94.0 Å². The highest BCUT2D eigenvalue weighted by molar-refractivity contribution is 5.85. The number of fused-ring (bicyclic) bond motifs is 1. The molecule has 0 saturated carbocycles. The molecule has 1 atom stereocenters. The van der Waals surface area contributed by atoms with E-state index in [1.165, 1.54) is 0 Å². The summed E-state index contributed by atoms with van der Waals surface area (Å²) in [6, 6.07) is 21.4. The molecule has 8 heteroatoms. The number of para-hydroxylation sites is 2. The van der Waals surface area contributed by atoms with E-state index >= 15 is 0 Å². The third-order valence-electron chi connectivity index (χ3n) is 6.71. The van der Waals surface area contributed by atoms with Crippen molar-refractivity contribution in [3.63, 3.8) is 0 Å². The van der Waals surface area contributed by atoms with Crippen LogP contribution in [0.3, 0.4) is 0 Å². The van der Waals surface area contributed by atoms with Gasteiger partial charge in [-0.15, -0.1) is 12.4 Å². The molecule has 3 aromatic carbocycles. The first kappa shape index (κ1) is 28.0. The van der Waals surface area contributed by atoms with Gasteiger partial charge < -0.3 is 14.2 Å². The molecular weight excluding hydrogens is 490 g/mol. The summed E-state index contributed by atoms with van der Waals surface area (Å²) in [5.74, 6) is 2.90. The van der Waals surface area contributed by atoms with Gasteiger partial charge in [0.25, 0.3) is 5.56 Å². The number of ether oxygens (including phenoxy) is 3. The first-order valence-electron chi connectivity index (χ1n) is 12.0. The van der Waals surface area contributed by atoms with Crippen LogP contribution in [0.2, 0.25) is 0 Å². The monoisotopic (exact) mass is 523 g/mol. The van der Waals surface area contributed by atoms with E-state index < -0.39 is 0 Å². The van der Waals surface area contributed by atoms with Gasteiger partial charge in [-0.05, 0) is 49.9 Å². The van der Waals surface area contributed by atoms with Crippen molar-refractivity contribution in [2.75, 3.05) is 34.9 Å². The summed E-state index contributed by atoms with van der Waals surface area (Å²) in [7, 11) is 6.98. The van der Waals surface area contributed by atoms with Gasteiger partial charge in [0.2, 0.25) is 0 Å². The molecule has 0 aliphatic carbocycles. The van der Waals surface area contributed by atoms with Crippen molar-refractivity contribution in [3.8, 4) is 17.2 Å². The van der Waals surface area contributed by atoms with Crippen LogP contribution in [0, 0.1) is 0 Å². The van der Waals surface area contributed by atoms with Crippen molar-refractivity contribution < 1.29 is 14.2 Å². The lowest BCUT2D eigenvalue weighted by molar-refractivity contribution is 0.248. The highest BCUT2D eigenvalue weighted by atomic mass is 35.5. The molecule has 7 nitrogen and oxygen atoms in total. The lowest BCUT2D eigenvalue weighted by atomic mass is 10.1. The molecule has 0 aliphatic heterocycles. The number of rotatable bonds is 10. The molecule has 4 aromatic rings. The highest BCUT2D eigenvalue weighted by Crippen LogP contribution is 2.31. The molecule has 0 bridgehead atoms. The predicted octanol–water partition coefficient (Wildman–Crippen LogP) is 5.13.